The Labute approximate surface area is 74.8 Å². The van der Waals surface area contributed by atoms with Crippen LogP contribution in [0.2, 0.25) is 0 Å². The summed E-state index contributed by atoms with van der Waals surface area (Å²) in [4.78, 5) is 33.9. The van der Waals surface area contributed by atoms with Crippen molar-refractivity contribution in [1.82, 2.24) is 10.2 Å². The Kier molecular flexibility index (Phi) is 1.99. The lowest BCUT2D eigenvalue weighted by molar-refractivity contribution is -0.128. The first-order chi connectivity index (χ1) is 5.90. The van der Waals surface area contributed by atoms with E-state index in [0.29, 0.717) is 4.90 Å². The fraction of sp³-hybridized carbons (Fsp3) is 0.571. The van der Waals surface area contributed by atoms with Crippen LogP contribution in [0.25, 0.3) is 0 Å². The van der Waals surface area contributed by atoms with Crippen molar-refractivity contribution in [3.8, 4) is 0 Å². The SMILES string of the molecule is COC(=O)N1C(=O)NC(C)(C)C1=O. The molecule has 0 aromatic carbocycles. The predicted molar refractivity (Wildman–Crippen MR) is 41.9 cm³/mol. The van der Waals surface area contributed by atoms with E-state index in [-0.39, 0.29) is 0 Å². The number of amides is 4. The number of imide groups is 3. The molecule has 1 rings (SSSR count). The second-order valence-corrected chi connectivity index (χ2v) is 3.17. The molecule has 0 bridgehead atoms. The number of hydrogen-bond donors (Lipinski definition) is 1. The molecule has 72 valence electrons. The van der Waals surface area contributed by atoms with Gasteiger partial charge in [0.25, 0.3) is 5.91 Å². The molecule has 4 amide bonds. The van der Waals surface area contributed by atoms with Crippen molar-refractivity contribution in [3.63, 3.8) is 0 Å². The van der Waals surface area contributed by atoms with Gasteiger partial charge >= 0.3 is 12.1 Å². The van der Waals surface area contributed by atoms with Gasteiger partial charge in [0, 0.05) is 0 Å². The summed E-state index contributed by atoms with van der Waals surface area (Å²) in [5.41, 5.74) is -1.04. The summed E-state index contributed by atoms with van der Waals surface area (Å²) in [5, 5.41) is 2.34. The van der Waals surface area contributed by atoms with Crippen molar-refractivity contribution in [1.29, 1.82) is 0 Å². The average Bonchev–Trinajstić information content (AvgIpc) is 2.21. The molecular weight excluding hydrogens is 176 g/mol. The highest BCUT2D eigenvalue weighted by atomic mass is 16.5. The fourth-order valence-electron chi connectivity index (χ4n) is 1.01. The van der Waals surface area contributed by atoms with E-state index in [2.05, 4.69) is 10.1 Å². The summed E-state index contributed by atoms with van der Waals surface area (Å²) in [6, 6.07) is -0.748. The van der Waals surface area contributed by atoms with Crippen LogP contribution in [0.1, 0.15) is 13.8 Å². The van der Waals surface area contributed by atoms with Crippen molar-refractivity contribution < 1.29 is 19.1 Å². The Morgan fingerprint density at radius 2 is 2.00 bits per heavy atom. The summed E-state index contributed by atoms with van der Waals surface area (Å²) >= 11 is 0. The molecule has 0 unspecified atom stereocenters. The van der Waals surface area contributed by atoms with Gasteiger partial charge in [-0.3, -0.25) is 4.79 Å². The van der Waals surface area contributed by atoms with Crippen molar-refractivity contribution in [3.05, 3.63) is 0 Å². The number of hydrogen-bond acceptors (Lipinski definition) is 4. The first-order valence-corrected chi connectivity index (χ1v) is 3.65. The normalized spacial score (nSPS) is 20.1. The van der Waals surface area contributed by atoms with Crippen LogP contribution >= 0.6 is 0 Å². The van der Waals surface area contributed by atoms with Gasteiger partial charge in [-0.25, -0.2) is 9.59 Å². The minimum absolute atomic E-state index is 0.444. The Hall–Kier alpha value is -1.59. The van der Waals surface area contributed by atoms with E-state index < -0.39 is 23.6 Å². The molecule has 13 heavy (non-hydrogen) atoms. The van der Waals surface area contributed by atoms with Crippen LogP contribution in [-0.2, 0) is 9.53 Å². The van der Waals surface area contributed by atoms with Gasteiger partial charge in [-0.05, 0) is 13.8 Å². The molecule has 0 spiro atoms. The third-order valence-corrected chi connectivity index (χ3v) is 1.72. The van der Waals surface area contributed by atoms with E-state index >= 15 is 0 Å². The predicted octanol–water partition coefficient (Wildman–Crippen LogP) is 0.0832. The van der Waals surface area contributed by atoms with Crippen LogP contribution in [0.15, 0.2) is 0 Å². The van der Waals surface area contributed by atoms with E-state index in [1.54, 1.807) is 0 Å². The molecular formula is C7H10N2O4. The Balaban J connectivity index is 2.95. The van der Waals surface area contributed by atoms with Crippen LogP contribution in [0, 0.1) is 0 Å². The van der Waals surface area contributed by atoms with Gasteiger partial charge in [-0.15, -0.1) is 0 Å². The highest BCUT2D eigenvalue weighted by Gasteiger charge is 2.48. The highest BCUT2D eigenvalue weighted by Crippen LogP contribution is 2.16. The summed E-state index contributed by atoms with van der Waals surface area (Å²) in [6.45, 7) is 3.02. The molecule has 1 saturated heterocycles. The third-order valence-electron chi connectivity index (χ3n) is 1.72. The van der Waals surface area contributed by atoms with Gasteiger partial charge in [0.1, 0.15) is 5.54 Å². The number of methoxy groups -OCH3 is 1. The monoisotopic (exact) mass is 186 g/mol. The zero-order valence-electron chi connectivity index (χ0n) is 7.58. The van der Waals surface area contributed by atoms with Gasteiger partial charge in [0.2, 0.25) is 0 Å². The number of rotatable bonds is 0. The van der Waals surface area contributed by atoms with Crippen molar-refractivity contribution in [2.24, 2.45) is 0 Å². The first-order valence-electron chi connectivity index (χ1n) is 3.65. The van der Waals surface area contributed by atoms with Crippen LogP contribution in [0.3, 0.4) is 0 Å². The number of nitrogens with one attached hydrogen (secondary N) is 1. The number of ether oxygens (including phenoxy) is 1. The van der Waals surface area contributed by atoms with Crippen molar-refractivity contribution >= 4 is 18.0 Å². The van der Waals surface area contributed by atoms with Crippen LogP contribution in [0.4, 0.5) is 9.59 Å². The molecule has 1 N–H and O–H groups in total. The summed E-state index contributed by atoms with van der Waals surface area (Å²) < 4.78 is 4.27. The molecule has 6 nitrogen and oxygen atoms in total. The first kappa shape index (κ1) is 9.50. The summed E-state index contributed by atoms with van der Waals surface area (Å²) in [7, 11) is 1.11. The average molecular weight is 186 g/mol. The lowest BCUT2D eigenvalue weighted by Gasteiger charge is -2.13. The number of carbonyl (C=O) groups is 3. The molecule has 0 radical (unpaired) electrons. The van der Waals surface area contributed by atoms with Crippen molar-refractivity contribution in [2.45, 2.75) is 19.4 Å². The van der Waals surface area contributed by atoms with Gasteiger partial charge < -0.3 is 10.1 Å². The Morgan fingerprint density at radius 1 is 1.46 bits per heavy atom. The van der Waals surface area contributed by atoms with Gasteiger partial charge in [-0.1, -0.05) is 0 Å². The van der Waals surface area contributed by atoms with Crippen molar-refractivity contribution in [2.75, 3.05) is 7.11 Å². The zero-order chi connectivity index (χ0) is 10.2. The number of urea groups is 1. The molecule has 1 aliphatic rings. The lowest BCUT2D eigenvalue weighted by Crippen LogP contribution is -2.41. The van der Waals surface area contributed by atoms with E-state index in [1.807, 2.05) is 0 Å². The maximum atomic E-state index is 11.4. The molecule has 6 heteroatoms. The molecule has 0 aromatic heterocycles. The van der Waals surface area contributed by atoms with Crippen LogP contribution in [-0.4, -0.2) is 35.6 Å². The molecule has 0 saturated carbocycles. The van der Waals surface area contributed by atoms with Gasteiger partial charge in [0.05, 0.1) is 7.11 Å². The maximum absolute atomic E-state index is 11.4. The molecule has 0 aliphatic carbocycles. The Morgan fingerprint density at radius 3 is 2.31 bits per heavy atom. The minimum Gasteiger partial charge on any atom is -0.452 e. The molecule has 1 heterocycles. The Bertz CT molecular complexity index is 284. The second kappa shape index (κ2) is 2.72. The van der Waals surface area contributed by atoms with E-state index in [4.69, 9.17) is 0 Å². The zero-order valence-corrected chi connectivity index (χ0v) is 7.58. The largest absolute Gasteiger partial charge is 0.452 e. The maximum Gasteiger partial charge on any atom is 0.424 e. The van der Waals surface area contributed by atoms with Crippen LogP contribution < -0.4 is 5.32 Å². The quantitative estimate of drug-likeness (QED) is 0.544. The van der Waals surface area contributed by atoms with E-state index in [0.717, 1.165) is 7.11 Å². The molecule has 1 fully saturated rings. The summed E-state index contributed by atoms with van der Waals surface area (Å²) in [5.74, 6) is -0.607. The fourth-order valence-corrected chi connectivity index (χ4v) is 1.01. The number of carbonyl (C=O) groups excluding carboxylic acids is 3. The minimum atomic E-state index is -1.04. The topological polar surface area (TPSA) is 75.7 Å². The van der Waals surface area contributed by atoms with E-state index in [1.165, 1.54) is 13.8 Å². The van der Waals surface area contributed by atoms with Crippen LogP contribution in [0.5, 0.6) is 0 Å². The molecule has 0 aromatic rings. The lowest BCUT2D eigenvalue weighted by atomic mass is 10.1. The smallest absolute Gasteiger partial charge is 0.424 e. The molecule has 1 aliphatic heterocycles. The molecule has 0 atom stereocenters. The van der Waals surface area contributed by atoms with Gasteiger partial charge in [0.15, 0.2) is 0 Å². The summed E-state index contributed by atoms with van der Waals surface area (Å²) in [6.07, 6.45) is -0.965. The van der Waals surface area contributed by atoms with Gasteiger partial charge in [-0.2, -0.15) is 4.90 Å². The van der Waals surface area contributed by atoms with E-state index in [9.17, 15) is 14.4 Å². The standard InChI is InChI=1S/C7H10N2O4/c1-7(2)4(10)9(5(11)8-7)6(12)13-3/h1-3H3,(H,8,11). The second-order valence-electron chi connectivity index (χ2n) is 3.17. The highest BCUT2D eigenvalue weighted by molar-refractivity contribution is 6.16. The third kappa shape index (κ3) is 1.34. The number of nitrogens with zero attached hydrogens (tertiary/aromatic N) is 1.